The molecule has 0 saturated heterocycles. The first-order valence-electron chi connectivity index (χ1n) is 6.56. The third-order valence-electron chi connectivity index (χ3n) is 3.52. The molecule has 0 radical (unpaired) electrons. The van der Waals surface area contributed by atoms with E-state index in [4.69, 9.17) is 5.14 Å². The molecule has 0 atom stereocenters. The van der Waals surface area contributed by atoms with Crippen LogP contribution in [0, 0.1) is 5.92 Å². The van der Waals surface area contributed by atoms with E-state index in [1.165, 1.54) is 32.1 Å². The van der Waals surface area contributed by atoms with E-state index in [9.17, 15) is 8.42 Å². The van der Waals surface area contributed by atoms with E-state index in [0.29, 0.717) is 5.92 Å². The van der Waals surface area contributed by atoms with Gasteiger partial charge in [-0.15, -0.1) is 11.3 Å². The molecule has 1 saturated carbocycles. The third-order valence-corrected chi connectivity index (χ3v) is 6.09. The Labute approximate surface area is 118 Å². The van der Waals surface area contributed by atoms with Gasteiger partial charge in [-0.2, -0.15) is 0 Å². The fraction of sp³-hybridized carbons (Fsp3) is 0.615. The summed E-state index contributed by atoms with van der Waals surface area (Å²) in [4.78, 5) is 5.13. The molecule has 19 heavy (non-hydrogen) atoms. The van der Waals surface area contributed by atoms with Gasteiger partial charge in [-0.25, -0.2) is 18.5 Å². The summed E-state index contributed by atoms with van der Waals surface area (Å²) in [6.45, 7) is 5.79. The van der Waals surface area contributed by atoms with Gasteiger partial charge in [-0.05, 0) is 24.8 Å². The van der Waals surface area contributed by atoms with E-state index in [0.717, 1.165) is 33.9 Å². The molecule has 106 valence electrons. The Balaban J connectivity index is 2.27. The number of nitrogens with zero attached hydrogens (tertiary/aromatic N) is 1. The number of sulfonamides is 1. The van der Waals surface area contributed by atoms with Crippen LogP contribution in [0.5, 0.6) is 0 Å². The first-order chi connectivity index (χ1) is 8.88. The van der Waals surface area contributed by atoms with Gasteiger partial charge in [-0.3, -0.25) is 0 Å². The number of thiazole rings is 1. The third kappa shape index (κ3) is 3.64. The maximum atomic E-state index is 11.4. The van der Waals surface area contributed by atoms with E-state index < -0.39 is 10.0 Å². The molecule has 0 amide bonds. The smallest absolute Gasteiger partial charge is 0.228 e. The zero-order chi connectivity index (χ0) is 14.0. The maximum absolute atomic E-state index is 11.4. The second-order valence-electron chi connectivity index (χ2n) is 5.29. The van der Waals surface area contributed by atoms with E-state index in [1.807, 2.05) is 6.92 Å². The fourth-order valence-corrected chi connectivity index (χ4v) is 4.29. The van der Waals surface area contributed by atoms with Crippen LogP contribution in [-0.4, -0.2) is 13.4 Å². The number of allylic oxidation sites excluding steroid dienone is 1. The van der Waals surface area contributed by atoms with Crippen molar-refractivity contribution in [3.05, 3.63) is 17.2 Å². The largest absolute Gasteiger partial charge is 0.265 e. The summed E-state index contributed by atoms with van der Waals surface area (Å²) in [6.07, 6.45) is 7.09. The minimum atomic E-state index is -3.71. The molecule has 1 aliphatic rings. The maximum Gasteiger partial charge on any atom is 0.265 e. The SMILES string of the molecule is C=C(C)c1sc(S(N)(=O)=O)nc1CC1CCCCC1. The second kappa shape index (κ2) is 5.73. The van der Waals surface area contributed by atoms with Crippen LogP contribution in [0.25, 0.3) is 5.57 Å². The van der Waals surface area contributed by atoms with Crippen molar-refractivity contribution in [2.45, 2.75) is 49.8 Å². The van der Waals surface area contributed by atoms with Crippen LogP contribution in [0.2, 0.25) is 0 Å². The number of rotatable bonds is 4. The minimum Gasteiger partial charge on any atom is -0.228 e. The average molecular weight is 300 g/mol. The number of hydrogen-bond acceptors (Lipinski definition) is 4. The number of nitrogens with two attached hydrogens (primary N) is 1. The Morgan fingerprint density at radius 2 is 2.05 bits per heavy atom. The molecule has 1 aliphatic carbocycles. The lowest BCUT2D eigenvalue weighted by Crippen LogP contribution is -2.13. The minimum absolute atomic E-state index is 0.0105. The molecule has 0 bridgehead atoms. The zero-order valence-corrected chi connectivity index (χ0v) is 12.8. The summed E-state index contributed by atoms with van der Waals surface area (Å²) in [7, 11) is -3.71. The molecule has 2 N–H and O–H groups in total. The molecule has 0 aliphatic heterocycles. The molecule has 2 rings (SSSR count). The van der Waals surface area contributed by atoms with Crippen LogP contribution >= 0.6 is 11.3 Å². The molecule has 1 fully saturated rings. The van der Waals surface area contributed by atoms with E-state index >= 15 is 0 Å². The van der Waals surface area contributed by atoms with Gasteiger partial charge in [-0.1, -0.05) is 38.7 Å². The first-order valence-corrected chi connectivity index (χ1v) is 8.92. The van der Waals surface area contributed by atoms with E-state index in [1.54, 1.807) is 0 Å². The van der Waals surface area contributed by atoms with Crippen molar-refractivity contribution in [2.75, 3.05) is 0 Å². The van der Waals surface area contributed by atoms with Gasteiger partial charge in [0.15, 0.2) is 0 Å². The average Bonchev–Trinajstić information content (AvgIpc) is 2.74. The lowest BCUT2D eigenvalue weighted by atomic mass is 9.86. The first kappa shape index (κ1) is 14.7. The number of primary sulfonamides is 1. The topological polar surface area (TPSA) is 73.1 Å². The molecule has 1 heterocycles. The van der Waals surface area contributed by atoms with E-state index in [-0.39, 0.29) is 4.34 Å². The van der Waals surface area contributed by atoms with Gasteiger partial charge in [0.05, 0.1) is 10.6 Å². The van der Waals surface area contributed by atoms with Crippen molar-refractivity contribution < 1.29 is 8.42 Å². The van der Waals surface area contributed by atoms with Crippen LogP contribution in [-0.2, 0) is 16.4 Å². The Morgan fingerprint density at radius 3 is 2.58 bits per heavy atom. The highest BCUT2D eigenvalue weighted by Gasteiger charge is 2.22. The van der Waals surface area contributed by atoms with Gasteiger partial charge in [0, 0.05) is 0 Å². The van der Waals surface area contributed by atoms with Gasteiger partial charge < -0.3 is 0 Å². The zero-order valence-electron chi connectivity index (χ0n) is 11.2. The molecule has 4 nitrogen and oxygen atoms in total. The highest BCUT2D eigenvalue weighted by Crippen LogP contribution is 2.32. The molecule has 0 spiro atoms. The summed E-state index contributed by atoms with van der Waals surface area (Å²) >= 11 is 1.14. The molecule has 0 unspecified atom stereocenters. The van der Waals surface area contributed by atoms with Crippen LogP contribution in [0.4, 0.5) is 0 Å². The van der Waals surface area contributed by atoms with Crippen molar-refractivity contribution in [1.29, 1.82) is 0 Å². The number of aromatic nitrogens is 1. The second-order valence-corrected chi connectivity index (χ2v) is 8.02. The van der Waals surface area contributed by atoms with Crippen molar-refractivity contribution >= 4 is 26.9 Å². The lowest BCUT2D eigenvalue weighted by Gasteiger charge is -2.20. The van der Waals surface area contributed by atoms with Crippen LogP contribution < -0.4 is 5.14 Å². The molecule has 1 aromatic rings. The van der Waals surface area contributed by atoms with Crippen LogP contribution in [0.3, 0.4) is 0 Å². The van der Waals surface area contributed by atoms with E-state index in [2.05, 4.69) is 11.6 Å². The van der Waals surface area contributed by atoms with Crippen molar-refractivity contribution in [2.24, 2.45) is 11.1 Å². The van der Waals surface area contributed by atoms with Crippen molar-refractivity contribution in [3.8, 4) is 0 Å². The Bertz CT molecular complexity index is 569. The Kier molecular flexibility index (Phi) is 4.43. The van der Waals surface area contributed by atoms with Crippen LogP contribution in [0.1, 0.15) is 49.6 Å². The van der Waals surface area contributed by atoms with Crippen molar-refractivity contribution in [1.82, 2.24) is 4.98 Å². The molecule has 0 aromatic carbocycles. The highest BCUT2D eigenvalue weighted by molar-refractivity contribution is 7.91. The molecule has 6 heteroatoms. The van der Waals surface area contributed by atoms with Gasteiger partial charge in [0.1, 0.15) is 0 Å². The normalized spacial score (nSPS) is 17.6. The number of hydrogen-bond donors (Lipinski definition) is 1. The standard InChI is InChI=1S/C13H20N2O2S2/c1-9(2)12-11(8-10-6-4-3-5-7-10)15-13(18-12)19(14,16)17/h10H,1,3-8H2,2H3,(H2,14,16,17). The Hall–Kier alpha value is -0.720. The monoisotopic (exact) mass is 300 g/mol. The predicted molar refractivity (Wildman–Crippen MR) is 78.5 cm³/mol. The van der Waals surface area contributed by atoms with Gasteiger partial charge >= 0.3 is 0 Å². The Morgan fingerprint density at radius 1 is 1.42 bits per heavy atom. The predicted octanol–water partition coefficient (Wildman–Crippen LogP) is 2.95. The summed E-state index contributed by atoms with van der Waals surface area (Å²) < 4.78 is 22.8. The summed E-state index contributed by atoms with van der Waals surface area (Å²) in [5, 5.41) is 5.16. The molecule has 1 aromatic heterocycles. The van der Waals surface area contributed by atoms with Gasteiger partial charge in [0.2, 0.25) is 4.34 Å². The summed E-state index contributed by atoms with van der Waals surface area (Å²) in [5.74, 6) is 0.613. The molecular formula is C13H20N2O2S2. The van der Waals surface area contributed by atoms with Crippen LogP contribution in [0.15, 0.2) is 10.9 Å². The lowest BCUT2D eigenvalue weighted by molar-refractivity contribution is 0.354. The quantitative estimate of drug-likeness (QED) is 0.929. The summed E-state index contributed by atoms with van der Waals surface area (Å²) in [6, 6.07) is 0. The fourth-order valence-electron chi connectivity index (χ4n) is 2.59. The summed E-state index contributed by atoms with van der Waals surface area (Å²) in [5.41, 5.74) is 1.71. The highest BCUT2D eigenvalue weighted by atomic mass is 32.2. The van der Waals surface area contributed by atoms with Crippen molar-refractivity contribution in [3.63, 3.8) is 0 Å². The van der Waals surface area contributed by atoms with Gasteiger partial charge in [0.25, 0.3) is 10.0 Å². The molecular weight excluding hydrogens is 280 g/mol.